The van der Waals surface area contributed by atoms with Crippen molar-refractivity contribution in [2.75, 3.05) is 5.32 Å². The van der Waals surface area contributed by atoms with Crippen molar-refractivity contribution in [2.24, 2.45) is 11.1 Å². The monoisotopic (exact) mass is 382 g/mol. The number of carbonyl (C=O) groups excluding carboxylic acids is 4. The molecule has 1 saturated heterocycles. The van der Waals surface area contributed by atoms with Gasteiger partial charge in [0.05, 0.1) is 11.1 Å². The molecular weight excluding hydrogens is 360 g/mol. The Hall–Kier alpha value is -2.74. The van der Waals surface area contributed by atoms with Crippen LogP contribution in [0.5, 0.6) is 0 Å². The number of hydrogen-bond acceptors (Lipinski definition) is 6. The third-order valence-corrected chi connectivity index (χ3v) is 6.56. The average molecular weight is 382 g/mol. The van der Waals surface area contributed by atoms with Crippen molar-refractivity contribution in [2.45, 2.75) is 56.7 Å². The zero-order valence-corrected chi connectivity index (χ0v) is 15.4. The molecule has 2 aliphatic carbocycles. The van der Waals surface area contributed by atoms with E-state index in [9.17, 15) is 19.2 Å². The Morgan fingerprint density at radius 2 is 1.75 bits per heavy atom. The van der Waals surface area contributed by atoms with E-state index < -0.39 is 23.8 Å². The maximum absolute atomic E-state index is 12.8. The van der Waals surface area contributed by atoms with Crippen LogP contribution in [0, 0.1) is 5.41 Å². The number of nitrogens with zero attached hydrogens (tertiary/aromatic N) is 1. The molecule has 2 heterocycles. The SMILES string of the molecule is NC1CC2(C1)CC(Nc1ccc3c(c1)C(=O)N(C1CCC(=O)NC1=O)C3=O)C2. The molecule has 2 saturated carbocycles. The molecule has 0 aromatic heterocycles. The second-order valence-electron chi connectivity index (χ2n) is 8.63. The first kappa shape index (κ1) is 17.4. The second kappa shape index (κ2) is 5.88. The van der Waals surface area contributed by atoms with Gasteiger partial charge in [-0.25, -0.2) is 0 Å². The third kappa shape index (κ3) is 2.55. The quantitative estimate of drug-likeness (QED) is 0.664. The van der Waals surface area contributed by atoms with Crippen LogP contribution >= 0.6 is 0 Å². The van der Waals surface area contributed by atoms with Crippen LogP contribution < -0.4 is 16.4 Å². The zero-order valence-electron chi connectivity index (χ0n) is 15.4. The number of amides is 4. The molecule has 1 spiro atoms. The largest absolute Gasteiger partial charge is 0.382 e. The van der Waals surface area contributed by atoms with E-state index in [0.29, 0.717) is 28.6 Å². The minimum atomic E-state index is -0.934. The molecule has 8 nitrogen and oxygen atoms in total. The Morgan fingerprint density at radius 3 is 2.43 bits per heavy atom. The van der Waals surface area contributed by atoms with Gasteiger partial charge in [-0.1, -0.05) is 0 Å². The smallest absolute Gasteiger partial charge is 0.262 e. The zero-order chi connectivity index (χ0) is 19.6. The van der Waals surface area contributed by atoms with Crippen LogP contribution in [-0.4, -0.2) is 46.7 Å². The van der Waals surface area contributed by atoms with E-state index in [1.165, 1.54) is 0 Å². The van der Waals surface area contributed by atoms with Crippen molar-refractivity contribution in [3.63, 3.8) is 0 Å². The van der Waals surface area contributed by atoms with Gasteiger partial charge < -0.3 is 11.1 Å². The van der Waals surface area contributed by atoms with E-state index in [0.717, 1.165) is 36.3 Å². The molecule has 5 rings (SSSR count). The van der Waals surface area contributed by atoms with Crippen LogP contribution in [0.25, 0.3) is 0 Å². The van der Waals surface area contributed by atoms with Gasteiger partial charge in [-0.15, -0.1) is 0 Å². The molecule has 3 fully saturated rings. The van der Waals surface area contributed by atoms with Crippen molar-refractivity contribution in [3.05, 3.63) is 29.3 Å². The summed E-state index contributed by atoms with van der Waals surface area (Å²) >= 11 is 0. The summed E-state index contributed by atoms with van der Waals surface area (Å²) in [5.74, 6) is -1.93. The molecule has 28 heavy (non-hydrogen) atoms. The number of piperidine rings is 1. The van der Waals surface area contributed by atoms with Gasteiger partial charge in [0.2, 0.25) is 11.8 Å². The summed E-state index contributed by atoms with van der Waals surface area (Å²) < 4.78 is 0. The Bertz CT molecular complexity index is 913. The third-order valence-electron chi connectivity index (χ3n) is 6.56. The first-order valence-corrected chi connectivity index (χ1v) is 9.73. The molecule has 2 aliphatic heterocycles. The fraction of sp³-hybridized carbons (Fsp3) is 0.500. The van der Waals surface area contributed by atoms with Crippen molar-refractivity contribution >= 4 is 29.3 Å². The molecule has 4 aliphatic rings. The van der Waals surface area contributed by atoms with Gasteiger partial charge in [0, 0.05) is 24.2 Å². The Labute approximate surface area is 161 Å². The van der Waals surface area contributed by atoms with Crippen LogP contribution in [0.3, 0.4) is 0 Å². The van der Waals surface area contributed by atoms with Crippen LogP contribution in [0.15, 0.2) is 18.2 Å². The molecule has 1 aromatic carbocycles. The fourth-order valence-corrected chi connectivity index (χ4v) is 5.27. The number of anilines is 1. The highest BCUT2D eigenvalue weighted by atomic mass is 16.2. The van der Waals surface area contributed by atoms with E-state index >= 15 is 0 Å². The standard InChI is InChI=1S/C20H22N4O4/c21-10-6-20(7-10)8-12(9-20)22-11-1-2-13-14(5-11)19(28)24(18(13)27)15-3-4-16(25)23-17(15)26/h1-2,5,10,12,15,22H,3-4,6-9,21H2,(H,23,25,26). The van der Waals surface area contributed by atoms with Gasteiger partial charge in [0.25, 0.3) is 11.8 Å². The molecule has 1 aromatic rings. The van der Waals surface area contributed by atoms with Crippen molar-refractivity contribution in [1.82, 2.24) is 10.2 Å². The van der Waals surface area contributed by atoms with E-state index in [1.54, 1.807) is 18.2 Å². The summed E-state index contributed by atoms with van der Waals surface area (Å²) in [5, 5.41) is 5.65. The lowest BCUT2D eigenvalue weighted by molar-refractivity contribution is -0.136. The maximum Gasteiger partial charge on any atom is 0.262 e. The summed E-state index contributed by atoms with van der Waals surface area (Å²) in [5.41, 5.74) is 7.71. The summed E-state index contributed by atoms with van der Waals surface area (Å²) in [4.78, 5) is 50.0. The number of nitrogens with one attached hydrogen (secondary N) is 2. The summed E-state index contributed by atoms with van der Waals surface area (Å²) in [6.45, 7) is 0. The first-order valence-electron chi connectivity index (χ1n) is 9.73. The molecule has 0 radical (unpaired) electrons. The van der Waals surface area contributed by atoms with Crippen LogP contribution in [0.1, 0.15) is 59.2 Å². The number of benzene rings is 1. The van der Waals surface area contributed by atoms with E-state index in [1.807, 2.05) is 0 Å². The number of rotatable bonds is 3. The van der Waals surface area contributed by atoms with Gasteiger partial charge >= 0.3 is 0 Å². The van der Waals surface area contributed by atoms with Gasteiger partial charge in [-0.2, -0.15) is 0 Å². The minimum absolute atomic E-state index is 0.115. The Balaban J connectivity index is 1.31. The van der Waals surface area contributed by atoms with Crippen LogP contribution in [-0.2, 0) is 9.59 Å². The van der Waals surface area contributed by atoms with Crippen molar-refractivity contribution < 1.29 is 19.2 Å². The highest BCUT2D eigenvalue weighted by molar-refractivity contribution is 6.23. The number of imide groups is 2. The molecule has 8 heteroatoms. The lowest BCUT2D eigenvalue weighted by atomic mass is 9.52. The highest BCUT2D eigenvalue weighted by Gasteiger charge is 2.52. The van der Waals surface area contributed by atoms with Crippen molar-refractivity contribution in [1.29, 1.82) is 0 Å². The predicted molar refractivity (Wildman–Crippen MR) is 99.4 cm³/mol. The van der Waals surface area contributed by atoms with Gasteiger partial charge in [0.15, 0.2) is 0 Å². The highest BCUT2D eigenvalue weighted by Crippen LogP contribution is 2.55. The van der Waals surface area contributed by atoms with E-state index in [-0.39, 0.29) is 18.7 Å². The molecule has 146 valence electrons. The van der Waals surface area contributed by atoms with Crippen molar-refractivity contribution in [3.8, 4) is 0 Å². The van der Waals surface area contributed by atoms with Gasteiger partial charge in [-0.3, -0.25) is 29.4 Å². The normalized spacial score (nSPS) is 34.0. The fourth-order valence-electron chi connectivity index (χ4n) is 5.27. The Kier molecular flexibility index (Phi) is 3.64. The molecular formula is C20H22N4O4. The molecule has 0 bridgehead atoms. The number of carbonyl (C=O) groups is 4. The first-order chi connectivity index (χ1) is 13.3. The lowest BCUT2D eigenvalue weighted by Gasteiger charge is -2.57. The predicted octanol–water partition coefficient (Wildman–Crippen LogP) is 0.770. The molecule has 4 N–H and O–H groups in total. The average Bonchev–Trinajstić information content (AvgIpc) is 2.83. The summed E-state index contributed by atoms with van der Waals surface area (Å²) in [6, 6.07) is 4.88. The van der Waals surface area contributed by atoms with E-state index in [2.05, 4.69) is 10.6 Å². The number of nitrogens with two attached hydrogens (primary N) is 1. The van der Waals surface area contributed by atoms with Gasteiger partial charge in [0.1, 0.15) is 6.04 Å². The maximum atomic E-state index is 12.8. The van der Waals surface area contributed by atoms with Crippen LogP contribution in [0.4, 0.5) is 5.69 Å². The second-order valence-corrected chi connectivity index (χ2v) is 8.63. The molecule has 1 unspecified atom stereocenters. The molecule has 4 amide bonds. The van der Waals surface area contributed by atoms with Gasteiger partial charge in [-0.05, 0) is 55.7 Å². The number of fused-ring (bicyclic) bond motifs is 1. The lowest BCUT2D eigenvalue weighted by Crippen LogP contribution is -2.57. The minimum Gasteiger partial charge on any atom is -0.382 e. The summed E-state index contributed by atoms with van der Waals surface area (Å²) in [7, 11) is 0. The van der Waals surface area contributed by atoms with Crippen LogP contribution in [0.2, 0.25) is 0 Å². The topological polar surface area (TPSA) is 122 Å². The Morgan fingerprint density at radius 1 is 1.04 bits per heavy atom. The molecule has 1 atom stereocenters. The summed E-state index contributed by atoms with van der Waals surface area (Å²) in [6.07, 6.45) is 4.60. The van der Waals surface area contributed by atoms with E-state index in [4.69, 9.17) is 5.73 Å². The number of hydrogen-bond donors (Lipinski definition) is 3.